The second-order valence-electron chi connectivity index (χ2n) is 8.47. The molecule has 0 bridgehead atoms. The van der Waals surface area contributed by atoms with Crippen LogP contribution in [0.25, 0.3) is 27.9 Å². The molecule has 0 fully saturated rings. The van der Waals surface area contributed by atoms with Crippen molar-refractivity contribution < 1.29 is 4.79 Å². The minimum Gasteiger partial charge on any atom is -0.348 e. The van der Waals surface area contributed by atoms with Crippen LogP contribution in [0.4, 0.5) is 0 Å². The van der Waals surface area contributed by atoms with Gasteiger partial charge in [-0.05, 0) is 35.6 Å². The molecule has 33 heavy (non-hydrogen) atoms. The summed E-state index contributed by atoms with van der Waals surface area (Å²) in [5.74, 6) is 0.401. The van der Waals surface area contributed by atoms with Crippen molar-refractivity contribution in [1.29, 1.82) is 0 Å². The van der Waals surface area contributed by atoms with Crippen molar-refractivity contribution in [2.75, 3.05) is 0 Å². The molecule has 0 unspecified atom stereocenters. The van der Waals surface area contributed by atoms with Crippen LogP contribution in [0.2, 0.25) is 0 Å². The number of carbonyl (C=O) groups excluding carboxylic acids is 1. The average Bonchev–Trinajstić information content (AvgIpc) is 3.33. The second-order valence-corrected chi connectivity index (χ2v) is 9.33. The lowest BCUT2D eigenvalue weighted by Crippen LogP contribution is -2.20. The zero-order chi connectivity index (χ0) is 23.2. The van der Waals surface area contributed by atoms with E-state index in [-0.39, 0.29) is 5.91 Å². The van der Waals surface area contributed by atoms with E-state index in [2.05, 4.69) is 80.0 Å². The van der Waals surface area contributed by atoms with Gasteiger partial charge in [-0.15, -0.1) is 11.3 Å². The van der Waals surface area contributed by atoms with E-state index in [1.807, 2.05) is 30.3 Å². The fourth-order valence-corrected chi connectivity index (χ4v) is 4.28. The van der Waals surface area contributed by atoms with Crippen LogP contribution in [0.5, 0.6) is 0 Å². The summed E-state index contributed by atoms with van der Waals surface area (Å²) in [5.41, 5.74) is 7.82. The van der Waals surface area contributed by atoms with Gasteiger partial charge in [0.05, 0.1) is 5.69 Å². The van der Waals surface area contributed by atoms with Crippen molar-refractivity contribution in [3.05, 3.63) is 107 Å². The van der Waals surface area contributed by atoms with E-state index in [1.165, 1.54) is 11.1 Å². The van der Waals surface area contributed by atoms with Crippen molar-refractivity contribution in [3.8, 4) is 21.8 Å². The minimum atomic E-state index is -0.102. The summed E-state index contributed by atoms with van der Waals surface area (Å²) in [6, 6.07) is 24.9. The summed E-state index contributed by atoms with van der Waals surface area (Å²) in [4.78, 5) is 17.0. The van der Waals surface area contributed by atoms with Crippen LogP contribution >= 0.6 is 11.3 Å². The highest BCUT2D eigenvalue weighted by Gasteiger charge is 2.07. The first-order valence-electron chi connectivity index (χ1n) is 11.2. The van der Waals surface area contributed by atoms with Crippen LogP contribution in [0.3, 0.4) is 0 Å². The van der Waals surface area contributed by atoms with Crippen LogP contribution in [0.1, 0.15) is 42.0 Å². The van der Waals surface area contributed by atoms with Gasteiger partial charge in [-0.1, -0.05) is 92.2 Å². The van der Waals surface area contributed by atoms with Gasteiger partial charge in [0.25, 0.3) is 0 Å². The second kappa shape index (κ2) is 10.4. The lowest BCUT2D eigenvalue weighted by molar-refractivity contribution is -0.116. The summed E-state index contributed by atoms with van der Waals surface area (Å²) in [6.07, 6.45) is 3.43. The van der Waals surface area contributed by atoms with Crippen LogP contribution < -0.4 is 5.32 Å². The monoisotopic (exact) mass is 452 g/mol. The quantitative estimate of drug-likeness (QED) is 0.300. The van der Waals surface area contributed by atoms with Gasteiger partial charge >= 0.3 is 0 Å². The summed E-state index contributed by atoms with van der Waals surface area (Å²) < 4.78 is 0. The Morgan fingerprint density at radius 2 is 1.61 bits per heavy atom. The predicted molar refractivity (Wildman–Crippen MR) is 139 cm³/mol. The molecule has 166 valence electrons. The van der Waals surface area contributed by atoms with Gasteiger partial charge in [0.2, 0.25) is 5.91 Å². The van der Waals surface area contributed by atoms with E-state index in [4.69, 9.17) is 4.98 Å². The molecular formula is C29H28N2OS. The third-order valence-electron chi connectivity index (χ3n) is 5.55. The Balaban J connectivity index is 1.32. The number of nitrogens with zero attached hydrogens (tertiary/aromatic N) is 1. The molecule has 0 aliphatic heterocycles. The van der Waals surface area contributed by atoms with E-state index in [0.717, 1.165) is 33.0 Å². The molecular weight excluding hydrogens is 424 g/mol. The first kappa shape index (κ1) is 22.7. The zero-order valence-corrected chi connectivity index (χ0v) is 20.0. The molecule has 0 aliphatic rings. The molecule has 0 saturated carbocycles. The zero-order valence-electron chi connectivity index (χ0n) is 19.2. The number of hydrogen-bond donors (Lipinski definition) is 1. The Morgan fingerprint density at radius 1 is 0.939 bits per heavy atom. The molecule has 1 heterocycles. The molecule has 4 aromatic rings. The normalized spacial score (nSPS) is 11.3. The maximum Gasteiger partial charge on any atom is 0.244 e. The standard InChI is InChI=1S/C29H28N2OS/c1-20(2)24-13-6-22(7-14-24)10-17-28(32)30-18-23-8-15-26(16-9-23)29-31-27(19-33-29)25-11-4-21(3)5-12-25/h4-17,19-20H,18H2,1-3H3,(H,30,32)/b17-10+. The van der Waals surface area contributed by atoms with Crippen molar-refractivity contribution in [2.24, 2.45) is 0 Å². The first-order valence-corrected chi connectivity index (χ1v) is 12.0. The van der Waals surface area contributed by atoms with Gasteiger partial charge in [0, 0.05) is 29.1 Å². The third kappa shape index (κ3) is 6.05. The van der Waals surface area contributed by atoms with Crippen molar-refractivity contribution in [2.45, 2.75) is 33.2 Å². The highest BCUT2D eigenvalue weighted by Crippen LogP contribution is 2.29. The number of hydrogen-bond acceptors (Lipinski definition) is 3. The van der Waals surface area contributed by atoms with Crippen LogP contribution in [0, 0.1) is 6.92 Å². The third-order valence-corrected chi connectivity index (χ3v) is 6.44. The molecule has 3 nitrogen and oxygen atoms in total. The summed E-state index contributed by atoms with van der Waals surface area (Å²) in [7, 11) is 0. The van der Waals surface area contributed by atoms with Gasteiger partial charge in [0.15, 0.2) is 0 Å². The molecule has 4 rings (SSSR count). The van der Waals surface area contributed by atoms with Gasteiger partial charge < -0.3 is 5.32 Å². The highest BCUT2D eigenvalue weighted by molar-refractivity contribution is 7.13. The Morgan fingerprint density at radius 3 is 2.27 bits per heavy atom. The number of rotatable bonds is 7. The number of aromatic nitrogens is 1. The Kier molecular flexibility index (Phi) is 7.16. The summed E-state index contributed by atoms with van der Waals surface area (Å²) in [6.45, 7) is 6.92. The smallest absolute Gasteiger partial charge is 0.244 e. The van der Waals surface area contributed by atoms with Crippen LogP contribution in [0.15, 0.2) is 84.3 Å². The first-order chi connectivity index (χ1) is 16.0. The summed E-state index contributed by atoms with van der Waals surface area (Å²) >= 11 is 1.64. The highest BCUT2D eigenvalue weighted by atomic mass is 32.1. The van der Waals surface area contributed by atoms with E-state index in [0.29, 0.717) is 12.5 Å². The number of amides is 1. The van der Waals surface area contributed by atoms with Crippen LogP contribution in [-0.4, -0.2) is 10.9 Å². The predicted octanol–water partition coefficient (Wildman–Crippen LogP) is 7.24. The number of aryl methyl sites for hydroxylation is 1. The molecule has 0 atom stereocenters. The summed E-state index contributed by atoms with van der Waals surface area (Å²) in [5, 5.41) is 6.04. The Hall–Kier alpha value is -3.50. The number of nitrogens with one attached hydrogen (secondary N) is 1. The molecule has 0 radical (unpaired) electrons. The van der Waals surface area contributed by atoms with Gasteiger partial charge in [-0.2, -0.15) is 0 Å². The van der Waals surface area contributed by atoms with Crippen molar-refractivity contribution in [1.82, 2.24) is 10.3 Å². The lowest BCUT2D eigenvalue weighted by Gasteiger charge is -2.05. The molecule has 0 saturated heterocycles. The van der Waals surface area contributed by atoms with E-state index in [1.54, 1.807) is 17.4 Å². The minimum absolute atomic E-state index is 0.102. The number of benzene rings is 3. The van der Waals surface area contributed by atoms with E-state index in [9.17, 15) is 4.79 Å². The van der Waals surface area contributed by atoms with Gasteiger partial charge in [-0.25, -0.2) is 4.98 Å². The molecule has 1 aromatic heterocycles. The molecule has 0 spiro atoms. The molecule has 1 amide bonds. The number of thiazole rings is 1. The maximum absolute atomic E-state index is 12.2. The fraction of sp³-hybridized carbons (Fsp3) is 0.172. The fourth-order valence-electron chi connectivity index (χ4n) is 3.44. The molecule has 0 aliphatic carbocycles. The maximum atomic E-state index is 12.2. The van der Waals surface area contributed by atoms with Gasteiger partial charge in [-0.3, -0.25) is 4.79 Å². The average molecular weight is 453 g/mol. The topological polar surface area (TPSA) is 42.0 Å². The van der Waals surface area contributed by atoms with Crippen molar-refractivity contribution >= 4 is 23.3 Å². The van der Waals surface area contributed by atoms with Gasteiger partial charge in [0.1, 0.15) is 5.01 Å². The van der Waals surface area contributed by atoms with Crippen molar-refractivity contribution in [3.63, 3.8) is 0 Å². The van der Waals surface area contributed by atoms with E-state index < -0.39 is 0 Å². The molecule has 3 aromatic carbocycles. The molecule has 4 heteroatoms. The number of carbonyl (C=O) groups is 1. The van der Waals surface area contributed by atoms with E-state index >= 15 is 0 Å². The SMILES string of the molecule is Cc1ccc(-c2csc(-c3ccc(CNC(=O)/C=C/c4ccc(C(C)C)cc4)cc3)n2)cc1. The largest absolute Gasteiger partial charge is 0.348 e. The molecule has 1 N–H and O–H groups in total. The van der Waals surface area contributed by atoms with Crippen LogP contribution in [-0.2, 0) is 11.3 Å². The Bertz CT molecular complexity index is 1230. The Labute approximate surface area is 199 Å². The lowest BCUT2D eigenvalue weighted by atomic mass is 10.0.